The summed E-state index contributed by atoms with van der Waals surface area (Å²) in [4.78, 5) is 19.4. The van der Waals surface area contributed by atoms with E-state index >= 15 is 8.78 Å². The van der Waals surface area contributed by atoms with Gasteiger partial charge in [-0.2, -0.15) is 8.78 Å². The van der Waals surface area contributed by atoms with Gasteiger partial charge in [-0.05, 0) is 70.6 Å². The van der Waals surface area contributed by atoms with E-state index in [1.807, 2.05) is 36.4 Å². The van der Waals surface area contributed by atoms with Crippen LogP contribution in [0.2, 0.25) is 0 Å². The van der Waals surface area contributed by atoms with E-state index in [1.54, 1.807) is 12.1 Å². The van der Waals surface area contributed by atoms with Crippen molar-refractivity contribution in [2.75, 3.05) is 36.0 Å². The third-order valence-electron chi connectivity index (χ3n) is 8.00. The Morgan fingerprint density at radius 3 is 1.98 bits per heavy atom. The van der Waals surface area contributed by atoms with E-state index in [2.05, 4.69) is 30.3 Å². The fourth-order valence-corrected chi connectivity index (χ4v) is 5.48. The highest BCUT2D eigenvalue weighted by Gasteiger charge is 2.58. The summed E-state index contributed by atoms with van der Waals surface area (Å²) in [7, 11) is 0. The Morgan fingerprint density at radius 1 is 0.822 bits per heavy atom. The molecule has 1 unspecified atom stereocenters. The van der Waals surface area contributed by atoms with Gasteiger partial charge in [0.2, 0.25) is 0 Å². The summed E-state index contributed by atoms with van der Waals surface area (Å²) in [5, 5.41) is 21.7. The summed E-state index contributed by atoms with van der Waals surface area (Å²) in [5.41, 5.74) is -0.847. The number of pyridine rings is 1. The molecule has 230 valence electrons. The fourth-order valence-electron chi connectivity index (χ4n) is 5.48. The third kappa shape index (κ3) is 5.86. The molecule has 5 aromatic rings. The lowest BCUT2D eigenvalue weighted by molar-refractivity contribution is -0.207. The molecule has 0 aliphatic carbocycles. The number of hydrogen-bond acceptors (Lipinski definition) is 8. The highest BCUT2D eigenvalue weighted by molar-refractivity contribution is 5.75. The highest BCUT2D eigenvalue weighted by Crippen LogP contribution is 2.47. The van der Waals surface area contributed by atoms with E-state index in [0.717, 1.165) is 78.6 Å². The normalized spacial score (nSPS) is 15.1. The van der Waals surface area contributed by atoms with Crippen molar-refractivity contribution in [1.29, 1.82) is 0 Å². The molecule has 2 aromatic heterocycles. The molecular weight excluding hydrogens is 590 g/mol. The molecule has 1 fully saturated rings. The molecular formula is C32H27F4N7O2. The number of rotatable bonds is 9. The van der Waals surface area contributed by atoms with E-state index < -0.39 is 41.0 Å². The molecule has 1 saturated heterocycles. The van der Waals surface area contributed by atoms with Gasteiger partial charge < -0.3 is 14.9 Å². The molecule has 9 nitrogen and oxygen atoms in total. The van der Waals surface area contributed by atoms with Crippen LogP contribution in [0.5, 0.6) is 0 Å². The van der Waals surface area contributed by atoms with Crippen molar-refractivity contribution < 1.29 is 27.5 Å². The molecule has 0 saturated carbocycles. The Kier molecular flexibility index (Phi) is 8.02. The highest BCUT2D eigenvalue weighted by atomic mass is 19.3. The Hall–Kier alpha value is -5.17. The number of tetrazole rings is 1. The predicted molar refractivity (Wildman–Crippen MR) is 158 cm³/mol. The van der Waals surface area contributed by atoms with Crippen LogP contribution in [0.15, 0.2) is 91.4 Å². The Balaban J connectivity index is 1.18. The zero-order valence-corrected chi connectivity index (χ0v) is 23.8. The second kappa shape index (κ2) is 12.1. The number of carbonyl (C=O) groups is 1. The minimum absolute atomic E-state index is 0.421. The number of piperazine rings is 1. The minimum atomic E-state index is -4.14. The van der Waals surface area contributed by atoms with Crippen molar-refractivity contribution in [2.24, 2.45) is 0 Å². The molecule has 0 radical (unpaired) electrons. The topological polar surface area (TPSA) is 100 Å². The molecule has 45 heavy (non-hydrogen) atoms. The van der Waals surface area contributed by atoms with Gasteiger partial charge in [0.25, 0.3) is 0 Å². The van der Waals surface area contributed by atoms with Crippen molar-refractivity contribution in [3.05, 3.63) is 120 Å². The first-order valence-corrected chi connectivity index (χ1v) is 14.1. The summed E-state index contributed by atoms with van der Waals surface area (Å²) in [5.74, 6) is -6.47. The van der Waals surface area contributed by atoms with Crippen molar-refractivity contribution in [3.8, 4) is 11.1 Å². The van der Waals surface area contributed by atoms with E-state index in [-0.39, 0.29) is 0 Å². The molecule has 1 N–H and O–H groups in total. The molecule has 0 spiro atoms. The molecule has 1 atom stereocenters. The van der Waals surface area contributed by atoms with E-state index in [0.29, 0.717) is 17.2 Å². The van der Waals surface area contributed by atoms with Crippen LogP contribution in [0.4, 0.5) is 28.9 Å². The number of nitrogens with zero attached hydrogens (tertiary/aromatic N) is 7. The number of anilines is 2. The summed E-state index contributed by atoms with van der Waals surface area (Å²) in [6.45, 7) is 2.28. The van der Waals surface area contributed by atoms with Crippen LogP contribution in [0.1, 0.15) is 21.6 Å². The summed E-state index contributed by atoms with van der Waals surface area (Å²) in [6, 6.07) is 19.6. The smallest absolute Gasteiger partial charge is 0.323 e. The van der Waals surface area contributed by atoms with E-state index in [9.17, 15) is 18.7 Å². The lowest BCUT2D eigenvalue weighted by atomic mass is 9.84. The monoisotopic (exact) mass is 617 g/mol. The number of carbonyl (C=O) groups excluding carboxylic acids is 1. The van der Waals surface area contributed by atoms with Gasteiger partial charge in [-0.1, -0.05) is 18.2 Å². The van der Waals surface area contributed by atoms with Crippen molar-refractivity contribution in [2.45, 2.75) is 18.1 Å². The molecule has 3 aromatic carbocycles. The lowest BCUT2D eigenvalue weighted by Crippen LogP contribution is -2.48. The molecule has 1 aliphatic heterocycles. The van der Waals surface area contributed by atoms with Gasteiger partial charge in [0, 0.05) is 66.5 Å². The van der Waals surface area contributed by atoms with Crippen LogP contribution < -0.4 is 9.80 Å². The summed E-state index contributed by atoms with van der Waals surface area (Å²) < 4.78 is 61.3. The van der Waals surface area contributed by atoms with Crippen molar-refractivity contribution in [3.63, 3.8) is 0 Å². The number of aldehydes is 1. The molecule has 6 rings (SSSR count). The van der Waals surface area contributed by atoms with Crippen LogP contribution in [0.25, 0.3) is 11.1 Å². The van der Waals surface area contributed by atoms with Crippen LogP contribution in [-0.2, 0) is 18.1 Å². The Morgan fingerprint density at radius 2 is 1.44 bits per heavy atom. The first-order valence-electron chi connectivity index (χ1n) is 14.1. The zero-order chi connectivity index (χ0) is 31.6. The Labute approximate surface area is 255 Å². The maximum Gasteiger partial charge on any atom is 0.323 e. The number of halogens is 4. The van der Waals surface area contributed by atoms with E-state index in [4.69, 9.17) is 0 Å². The minimum Gasteiger partial charge on any atom is -0.377 e. The van der Waals surface area contributed by atoms with Gasteiger partial charge in [-0.25, -0.2) is 13.5 Å². The molecule has 13 heteroatoms. The zero-order valence-electron chi connectivity index (χ0n) is 23.8. The predicted octanol–water partition coefficient (Wildman–Crippen LogP) is 4.83. The number of alkyl halides is 2. The lowest BCUT2D eigenvalue weighted by Gasteiger charge is -2.37. The first-order chi connectivity index (χ1) is 21.7. The van der Waals surface area contributed by atoms with Gasteiger partial charge in [0.05, 0.1) is 6.54 Å². The molecule has 0 bridgehead atoms. The van der Waals surface area contributed by atoms with Gasteiger partial charge in [0.1, 0.15) is 29.9 Å². The SMILES string of the molecule is O=Cc1ccc(N2CCN(c3ccc(-c4ccc(C(F)(F)C(O)(Cn5cnnn5)c5ccc(F)cc5F)nc4)cc3)CC2)cc1. The maximum atomic E-state index is 16.0. The van der Waals surface area contributed by atoms with Crippen LogP contribution in [0, 0.1) is 11.6 Å². The average molecular weight is 618 g/mol. The number of benzene rings is 3. The van der Waals surface area contributed by atoms with Gasteiger partial charge in [-0.3, -0.25) is 9.78 Å². The van der Waals surface area contributed by atoms with Crippen LogP contribution >= 0.6 is 0 Å². The second-order valence-electron chi connectivity index (χ2n) is 10.7. The first kappa shape index (κ1) is 29.9. The third-order valence-corrected chi connectivity index (χ3v) is 8.00. The molecule has 3 heterocycles. The molecule has 0 amide bonds. The quantitative estimate of drug-likeness (QED) is 0.186. The Bertz CT molecular complexity index is 1760. The average Bonchev–Trinajstić information content (AvgIpc) is 3.58. The summed E-state index contributed by atoms with van der Waals surface area (Å²) >= 11 is 0. The van der Waals surface area contributed by atoms with Gasteiger partial charge >= 0.3 is 5.92 Å². The standard InChI is InChI=1S/C32H27F4N7O2/c33-25-6-11-28(29(34)17-25)31(45,20-43-21-38-39-40-43)32(35,36)30-12-5-24(18-37-30)23-3-9-27(10-4-23)42-15-13-41(14-16-42)26-7-1-22(19-44)2-8-26/h1-12,17-19,21,45H,13-16,20H2. The summed E-state index contributed by atoms with van der Waals surface area (Å²) in [6.07, 6.45) is 3.08. The number of aromatic nitrogens is 5. The number of aliphatic hydroxyl groups is 1. The van der Waals surface area contributed by atoms with Crippen molar-refractivity contribution >= 4 is 17.7 Å². The number of hydrogen-bond donors (Lipinski definition) is 1. The van der Waals surface area contributed by atoms with Gasteiger partial charge in [-0.15, -0.1) is 5.10 Å². The van der Waals surface area contributed by atoms with Crippen molar-refractivity contribution in [1.82, 2.24) is 25.2 Å². The fraction of sp³-hybridized carbons (Fsp3) is 0.219. The van der Waals surface area contributed by atoms with Crippen LogP contribution in [0.3, 0.4) is 0 Å². The van der Waals surface area contributed by atoms with Gasteiger partial charge in [0.15, 0.2) is 5.60 Å². The maximum absolute atomic E-state index is 16.0. The largest absolute Gasteiger partial charge is 0.377 e. The second-order valence-corrected chi connectivity index (χ2v) is 10.7. The van der Waals surface area contributed by atoms with E-state index in [1.165, 1.54) is 12.3 Å². The molecule has 1 aliphatic rings. The van der Waals surface area contributed by atoms with Crippen LogP contribution in [-0.4, -0.2) is 62.8 Å².